The first-order valence-corrected chi connectivity index (χ1v) is 10.3. The van der Waals surface area contributed by atoms with Gasteiger partial charge in [0.1, 0.15) is 24.2 Å². The zero-order valence-electron chi connectivity index (χ0n) is 18.6. The van der Waals surface area contributed by atoms with E-state index in [0.717, 1.165) is 0 Å². The molecular weight excluding hydrogens is 472 g/mol. The first-order valence-electron chi connectivity index (χ1n) is 10.3. The molecule has 0 bridgehead atoms. The van der Waals surface area contributed by atoms with Crippen LogP contribution in [0.15, 0.2) is 12.5 Å². The zero-order valence-corrected chi connectivity index (χ0v) is 18.6. The van der Waals surface area contributed by atoms with Crippen LogP contribution in [0.5, 0.6) is 0 Å². The number of aliphatic hydroxyl groups is 1. The number of carboxylic acids is 3. The standard InChI is InChI=1S/C19H28N6O10/c1-8(26)15(20)18(33)25-12(5-14(29)30)17(32)24-11(4-9-6-21-7-22-9)16(31)23-10(19(34)35)2-3-13(27)28/h6-8,10-12,15,26H,2-5,20H2,1H3,(H,21,22)(H,23,31)(H,24,32)(H,25,33)(H,27,28)(H,29,30)(H,34,35). The van der Waals surface area contributed by atoms with Crippen LogP contribution in [0.2, 0.25) is 0 Å². The maximum atomic E-state index is 12.8. The lowest BCUT2D eigenvalue weighted by Gasteiger charge is -2.24. The molecule has 194 valence electrons. The molecule has 0 radical (unpaired) electrons. The Labute approximate surface area is 198 Å². The number of carbonyl (C=O) groups is 6. The topological polar surface area (TPSA) is 274 Å². The molecule has 1 heterocycles. The lowest BCUT2D eigenvalue weighted by molar-refractivity contribution is -0.144. The van der Waals surface area contributed by atoms with E-state index in [0.29, 0.717) is 5.69 Å². The van der Waals surface area contributed by atoms with Crippen molar-refractivity contribution in [2.24, 2.45) is 5.73 Å². The summed E-state index contributed by atoms with van der Waals surface area (Å²) < 4.78 is 0. The molecule has 16 nitrogen and oxygen atoms in total. The largest absolute Gasteiger partial charge is 0.481 e. The molecule has 0 saturated carbocycles. The van der Waals surface area contributed by atoms with Crippen molar-refractivity contribution in [3.8, 4) is 0 Å². The average Bonchev–Trinajstić information content (AvgIpc) is 3.27. The number of hydrogen-bond donors (Lipinski definition) is 9. The summed E-state index contributed by atoms with van der Waals surface area (Å²) in [5, 5.41) is 43.1. The number of carboxylic acid groups (broad SMARTS) is 3. The molecule has 0 fully saturated rings. The molecule has 0 aliphatic heterocycles. The third-order valence-corrected chi connectivity index (χ3v) is 4.71. The highest BCUT2D eigenvalue weighted by molar-refractivity contribution is 5.95. The molecular formula is C19H28N6O10. The number of rotatable bonds is 15. The van der Waals surface area contributed by atoms with Crippen molar-refractivity contribution in [3.05, 3.63) is 18.2 Å². The third kappa shape index (κ3) is 10.2. The van der Waals surface area contributed by atoms with Crippen LogP contribution in [0.4, 0.5) is 0 Å². The molecule has 5 unspecified atom stereocenters. The number of amides is 3. The first-order chi connectivity index (χ1) is 16.3. The maximum Gasteiger partial charge on any atom is 0.326 e. The summed E-state index contributed by atoms with van der Waals surface area (Å²) in [4.78, 5) is 77.6. The van der Waals surface area contributed by atoms with E-state index in [4.69, 9.17) is 15.9 Å². The highest BCUT2D eigenvalue weighted by atomic mass is 16.4. The highest BCUT2D eigenvalue weighted by Gasteiger charge is 2.32. The van der Waals surface area contributed by atoms with Gasteiger partial charge in [0.25, 0.3) is 0 Å². The van der Waals surface area contributed by atoms with Crippen molar-refractivity contribution in [1.29, 1.82) is 0 Å². The van der Waals surface area contributed by atoms with E-state index in [9.17, 15) is 39.0 Å². The fraction of sp³-hybridized carbons (Fsp3) is 0.526. The van der Waals surface area contributed by atoms with Gasteiger partial charge in [0.15, 0.2) is 0 Å². The van der Waals surface area contributed by atoms with Gasteiger partial charge in [0.2, 0.25) is 17.7 Å². The molecule has 1 aromatic heterocycles. The second-order valence-electron chi connectivity index (χ2n) is 7.60. The van der Waals surface area contributed by atoms with Gasteiger partial charge in [-0.25, -0.2) is 9.78 Å². The van der Waals surface area contributed by atoms with E-state index < -0.39 is 85.2 Å². The van der Waals surface area contributed by atoms with Gasteiger partial charge in [-0.05, 0) is 13.3 Å². The van der Waals surface area contributed by atoms with Gasteiger partial charge < -0.3 is 47.1 Å². The minimum Gasteiger partial charge on any atom is -0.481 e. The van der Waals surface area contributed by atoms with Crippen molar-refractivity contribution in [2.45, 2.75) is 62.9 Å². The summed E-state index contributed by atoms with van der Waals surface area (Å²) in [6.45, 7) is 1.21. The Kier molecular flexibility index (Phi) is 11.3. The van der Waals surface area contributed by atoms with Gasteiger partial charge in [0, 0.05) is 24.7 Å². The van der Waals surface area contributed by atoms with E-state index >= 15 is 0 Å². The van der Waals surface area contributed by atoms with Crippen molar-refractivity contribution in [1.82, 2.24) is 25.9 Å². The minimum atomic E-state index is -1.69. The molecule has 0 aromatic carbocycles. The van der Waals surface area contributed by atoms with E-state index in [-0.39, 0.29) is 6.42 Å². The van der Waals surface area contributed by atoms with E-state index in [1.807, 2.05) is 0 Å². The summed E-state index contributed by atoms with van der Waals surface area (Å²) in [5.41, 5.74) is 5.84. The van der Waals surface area contributed by atoms with Crippen molar-refractivity contribution in [2.75, 3.05) is 0 Å². The van der Waals surface area contributed by atoms with Crippen LogP contribution in [-0.2, 0) is 35.2 Å². The molecule has 16 heteroatoms. The molecule has 0 saturated heterocycles. The first kappa shape index (κ1) is 29.0. The number of nitrogens with one attached hydrogen (secondary N) is 4. The molecule has 0 aliphatic carbocycles. The Bertz CT molecular complexity index is 919. The molecule has 1 aromatic rings. The predicted molar refractivity (Wildman–Crippen MR) is 114 cm³/mol. The molecule has 1 rings (SSSR count). The van der Waals surface area contributed by atoms with Gasteiger partial charge in [-0.15, -0.1) is 0 Å². The summed E-state index contributed by atoms with van der Waals surface area (Å²) >= 11 is 0. The Balaban J connectivity index is 3.08. The fourth-order valence-corrected chi connectivity index (χ4v) is 2.77. The Morgan fingerprint density at radius 1 is 0.943 bits per heavy atom. The average molecular weight is 500 g/mol. The van der Waals surface area contributed by atoms with Gasteiger partial charge >= 0.3 is 17.9 Å². The van der Waals surface area contributed by atoms with Crippen LogP contribution in [0, 0.1) is 0 Å². The molecule has 35 heavy (non-hydrogen) atoms. The van der Waals surface area contributed by atoms with Crippen LogP contribution in [0.3, 0.4) is 0 Å². The number of carbonyl (C=O) groups excluding carboxylic acids is 3. The van der Waals surface area contributed by atoms with E-state index in [1.165, 1.54) is 19.4 Å². The van der Waals surface area contributed by atoms with Crippen LogP contribution in [0.1, 0.15) is 31.9 Å². The number of nitrogens with zero attached hydrogens (tertiary/aromatic N) is 1. The molecule has 5 atom stereocenters. The van der Waals surface area contributed by atoms with Crippen molar-refractivity contribution in [3.63, 3.8) is 0 Å². The molecule has 0 aliphatic rings. The number of H-pyrrole nitrogens is 1. The minimum absolute atomic E-state index is 0.232. The quantitative estimate of drug-likeness (QED) is 0.114. The van der Waals surface area contributed by atoms with Crippen LogP contribution < -0.4 is 21.7 Å². The van der Waals surface area contributed by atoms with Gasteiger partial charge in [-0.3, -0.25) is 24.0 Å². The smallest absolute Gasteiger partial charge is 0.326 e. The SMILES string of the molecule is CC(O)C(N)C(=O)NC(CC(=O)O)C(=O)NC(Cc1cnc[nH]1)C(=O)NC(CCC(=O)O)C(=O)O. The van der Waals surface area contributed by atoms with Gasteiger partial charge in [0.05, 0.1) is 18.9 Å². The monoisotopic (exact) mass is 500 g/mol. The van der Waals surface area contributed by atoms with Crippen LogP contribution >= 0.6 is 0 Å². The molecule has 0 spiro atoms. The molecule has 3 amide bonds. The van der Waals surface area contributed by atoms with Gasteiger partial charge in [-0.2, -0.15) is 0 Å². The lowest BCUT2D eigenvalue weighted by Crippen LogP contribution is -2.59. The number of aromatic amines is 1. The zero-order chi connectivity index (χ0) is 26.7. The van der Waals surface area contributed by atoms with Crippen molar-refractivity contribution < 1.29 is 49.2 Å². The summed E-state index contributed by atoms with van der Waals surface area (Å²) in [5.74, 6) is -7.38. The normalized spacial score (nSPS) is 15.1. The molecule has 10 N–H and O–H groups in total. The summed E-state index contributed by atoms with van der Waals surface area (Å²) in [6, 6.07) is -6.20. The summed E-state index contributed by atoms with van der Waals surface area (Å²) in [6.07, 6.45) is -0.807. The fourth-order valence-electron chi connectivity index (χ4n) is 2.77. The summed E-state index contributed by atoms with van der Waals surface area (Å²) in [7, 11) is 0. The third-order valence-electron chi connectivity index (χ3n) is 4.71. The Morgan fingerprint density at radius 3 is 2.00 bits per heavy atom. The maximum absolute atomic E-state index is 12.8. The Hall–Kier alpha value is -4.05. The van der Waals surface area contributed by atoms with E-state index in [2.05, 4.69) is 25.9 Å². The second-order valence-corrected chi connectivity index (χ2v) is 7.60. The number of nitrogens with two attached hydrogens (primary N) is 1. The van der Waals surface area contributed by atoms with Crippen LogP contribution in [0.25, 0.3) is 0 Å². The highest BCUT2D eigenvalue weighted by Crippen LogP contribution is 2.05. The number of imidazole rings is 1. The van der Waals surface area contributed by atoms with E-state index in [1.54, 1.807) is 0 Å². The number of aliphatic hydroxyl groups excluding tert-OH is 1. The lowest BCUT2D eigenvalue weighted by atomic mass is 10.1. The number of hydrogen-bond acceptors (Lipinski definition) is 9. The predicted octanol–water partition coefficient (Wildman–Crippen LogP) is -3.46. The van der Waals surface area contributed by atoms with Crippen molar-refractivity contribution >= 4 is 35.6 Å². The second kappa shape index (κ2) is 13.6. The number of aromatic nitrogens is 2. The van der Waals surface area contributed by atoms with Crippen LogP contribution in [-0.4, -0.2) is 96.3 Å². The van der Waals surface area contributed by atoms with Gasteiger partial charge in [-0.1, -0.05) is 0 Å². The number of aliphatic carboxylic acids is 3. The Morgan fingerprint density at radius 2 is 1.51 bits per heavy atom.